The fourth-order valence-corrected chi connectivity index (χ4v) is 1.85. The Hall–Kier alpha value is -1.49. The van der Waals surface area contributed by atoms with Crippen molar-refractivity contribution in [1.82, 2.24) is 9.97 Å². The van der Waals surface area contributed by atoms with Crippen LogP contribution in [0.3, 0.4) is 0 Å². The molecule has 1 aromatic heterocycles. The molecule has 0 bridgehead atoms. The predicted molar refractivity (Wildman–Crippen MR) is 59.9 cm³/mol. The number of aromatic amines is 1. The van der Waals surface area contributed by atoms with E-state index in [1.807, 2.05) is 0 Å². The predicted octanol–water partition coefficient (Wildman–Crippen LogP) is 2.55. The van der Waals surface area contributed by atoms with E-state index in [2.05, 4.69) is 25.9 Å². The average molecular weight is 269 g/mol. The molecule has 0 unspecified atom stereocenters. The van der Waals surface area contributed by atoms with Crippen LogP contribution in [0.5, 0.6) is 11.5 Å². The van der Waals surface area contributed by atoms with Gasteiger partial charge in [-0.3, -0.25) is 0 Å². The minimum Gasteiger partial charge on any atom is -0.504 e. The van der Waals surface area contributed by atoms with Gasteiger partial charge >= 0.3 is 0 Å². The summed E-state index contributed by atoms with van der Waals surface area (Å²) in [7, 11) is 1.51. The van der Waals surface area contributed by atoms with Crippen LogP contribution >= 0.6 is 15.9 Å². The number of nitrogens with one attached hydrogen (secondary N) is 1. The van der Waals surface area contributed by atoms with Crippen LogP contribution in [0.15, 0.2) is 29.1 Å². The van der Waals surface area contributed by atoms with Crippen molar-refractivity contribution in [3.63, 3.8) is 0 Å². The van der Waals surface area contributed by atoms with Gasteiger partial charge in [0.25, 0.3) is 0 Å². The van der Waals surface area contributed by atoms with Gasteiger partial charge < -0.3 is 14.8 Å². The number of ether oxygens (including phenoxy) is 1. The number of nitrogens with zero attached hydrogens (tertiary/aromatic N) is 1. The number of phenols is 1. The molecule has 2 rings (SSSR count). The Morgan fingerprint density at radius 1 is 1.47 bits per heavy atom. The van der Waals surface area contributed by atoms with Crippen molar-refractivity contribution in [2.75, 3.05) is 7.11 Å². The van der Waals surface area contributed by atoms with Crippen LogP contribution in [0, 0.1) is 0 Å². The second-order valence-corrected chi connectivity index (χ2v) is 3.82. The molecule has 0 aliphatic carbocycles. The minimum absolute atomic E-state index is 0.102. The van der Waals surface area contributed by atoms with E-state index in [1.54, 1.807) is 24.7 Å². The summed E-state index contributed by atoms with van der Waals surface area (Å²) in [6.45, 7) is 0. The molecular formula is C10H9BrN2O2. The van der Waals surface area contributed by atoms with Gasteiger partial charge in [-0.05, 0) is 28.1 Å². The Kier molecular flexibility index (Phi) is 2.64. The molecule has 15 heavy (non-hydrogen) atoms. The van der Waals surface area contributed by atoms with E-state index in [0.717, 1.165) is 15.7 Å². The Balaban J connectivity index is 2.55. The lowest BCUT2D eigenvalue weighted by atomic mass is 10.1. The summed E-state index contributed by atoms with van der Waals surface area (Å²) in [6.07, 6.45) is 3.27. The monoisotopic (exact) mass is 268 g/mol. The zero-order valence-corrected chi connectivity index (χ0v) is 9.58. The van der Waals surface area contributed by atoms with Crippen molar-refractivity contribution in [3.05, 3.63) is 29.1 Å². The van der Waals surface area contributed by atoms with E-state index in [9.17, 15) is 5.11 Å². The summed E-state index contributed by atoms with van der Waals surface area (Å²) in [5.74, 6) is 0.537. The maximum atomic E-state index is 9.63. The van der Waals surface area contributed by atoms with E-state index in [1.165, 1.54) is 7.11 Å². The van der Waals surface area contributed by atoms with Crippen LogP contribution in [0.1, 0.15) is 0 Å². The van der Waals surface area contributed by atoms with E-state index in [4.69, 9.17) is 4.74 Å². The Morgan fingerprint density at radius 2 is 2.27 bits per heavy atom. The number of methoxy groups -OCH3 is 1. The van der Waals surface area contributed by atoms with Crippen molar-refractivity contribution in [2.24, 2.45) is 0 Å². The lowest BCUT2D eigenvalue weighted by Gasteiger charge is -2.07. The standard InChI is InChI=1S/C10H9BrN2O2/c1-15-10-3-7(11)6(2-9(10)14)8-4-12-5-13-8/h2-5,14H,1H3,(H,12,13). The number of aromatic hydroxyl groups is 1. The summed E-state index contributed by atoms with van der Waals surface area (Å²) >= 11 is 3.40. The van der Waals surface area contributed by atoms with Gasteiger partial charge in [0.05, 0.1) is 25.3 Å². The molecule has 0 saturated carbocycles. The molecule has 0 radical (unpaired) electrons. The highest BCUT2D eigenvalue weighted by Crippen LogP contribution is 2.36. The van der Waals surface area contributed by atoms with Gasteiger partial charge in [-0.15, -0.1) is 0 Å². The summed E-state index contributed by atoms with van der Waals surface area (Å²) in [5, 5.41) is 9.63. The Bertz CT molecular complexity index is 469. The number of benzene rings is 1. The van der Waals surface area contributed by atoms with E-state index < -0.39 is 0 Å². The quantitative estimate of drug-likeness (QED) is 0.880. The normalized spacial score (nSPS) is 10.3. The molecular weight excluding hydrogens is 260 g/mol. The maximum Gasteiger partial charge on any atom is 0.161 e. The number of H-pyrrole nitrogens is 1. The molecule has 0 fully saturated rings. The fourth-order valence-electron chi connectivity index (χ4n) is 1.32. The summed E-state index contributed by atoms with van der Waals surface area (Å²) < 4.78 is 5.83. The second kappa shape index (κ2) is 3.94. The summed E-state index contributed by atoms with van der Waals surface area (Å²) in [5.41, 5.74) is 1.67. The van der Waals surface area contributed by atoms with Crippen LogP contribution in [0.25, 0.3) is 11.3 Å². The fraction of sp³-hybridized carbons (Fsp3) is 0.100. The third-order valence-electron chi connectivity index (χ3n) is 2.06. The molecule has 0 atom stereocenters. The Morgan fingerprint density at radius 3 is 2.87 bits per heavy atom. The first-order chi connectivity index (χ1) is 7.22. The number of halogens is 1. The van der Waals surface area contributed by atoms with Gasteiger partial charge in [-0.25, -0.2) is 4.98 Å². The number of phenolic OH excluding ortho intramolecular Hbond substituents is 1. The SMILES string of the molecule is COc1cc(Br)c(-c2cnc[nH]2)cc1O. The third kappa shape index (κ3) is 1.83. The van der Waals surface area contributed by atoms with Crippen molar-refractivity contribution in [3.8, 4) is 22.8 Å². The second-order valence-electron chi connectivity index (χ2n) is 2.97. The van der Waals surface area contributed by atoms with Gasteiger partial charge in [0, 0.05) is 10.0 Å². The van der Waals surface area contributed by atoms with Crippen LogP contribution < -0.4 is 4.74 Å². The number of hydrogen-bond donors (Lipinski definition) is 2. The third-order valence-corrected chi connectivity index (χ3v) is 2.71. The molecule has 0 amide bonds. The molecule has 78 valence electrons. The lowest BCUT2D eigenvalue weighted by molar-refractivity contribution is 0.373. The molecule has 0 aliphatic rings. The van der Waals surface area contributed by atoms with Gasteiger partial charge in [-0.2, -0.15) is 0 Å². The minimum atomic E-state index is 0.102. The van der Waals surface area contributed by atoms with Crippen LogP contribution in [-0.4, -0.2) is 22.2 Å². The van der Waals surface area contributed by atoms with Gasteiger partial charge in [-0.1, -0.05) is 0 Å². The Labute approximate surface area is 95.1 Å². The number of aromatic nitrogens is 2. The van der Waals surface area contributed by atoms with E-state index >= 15 is 0 Å². The molecule has 1 heterocycles. The summed E-state index contributed by atoms with van der Waals surface area (Å²) in [4.78, 5) is 6.89. The highest BCUT2D eigenvalue weighted by atomic mass is 79.9. The van der Waals surface area contributed by atoms with Crippen molar-refractivity contribution in [1.29, 1.82) is 0 Å². The zero-order chi connectivity index (χ0) is 10.8. The van der Waals surface area contributed by atoms with Crippen molar-refractivity contribution >= 4 is 15.9 Å². The molecule has 0 saturated heterocycles. The molecule has 0 spiro atoms. The molecule has 0 aliphatic heterocycles. The smallest absolute Gasteiger partial charge is 0.161 e. The van der Waals surface area contributed by atoms with Crippen LogP contribution in [0.4, 0.5) is 0 Å². The first kappa shape index (κ1) is 10.0. The molecule has 5 heteroatoms. The van der Waals surface area contributed by atoms with Crippen molar-refractivity contribution < 1.29 is 9.84 Å². The first-order valence-electron chi connectivity index (χ1n) is 4.27. The summed E-state index contributed by atoms with van der Waals surface area (Å²) in [6, 6.07) is 3.34. The lowest BCUT2D eigenvalue weighted by Crippen LogP contribution is -1.86. The number of hydrogen-bond acceptors (Lipinski definition) is 3. The van der Waals surface area contributed by atoms with E-state index in [-0.39, 0.29) is 5.75 Å². The highest BCUT2D eigenvalue weighted by molar-refractivity contribution is 9.10. The molecule has 1 aromatic carbocycles. The molecule has 2 N–H and O–H groups in total. The number of rotatable bonds is 2. The van der Waals surface area contributed by atoms with Gasteiger partial charge in [0.15, 0.2) is 11.5 Å². The molecule has 4 nitrogen and oxygen atoms in total. The number of imidazole rings is 1. The average Bonchev–Trinajstić information content (AvgIpc) is 2.74. The maximum absolute atomic E-state index is 9.63. The van der Waals surface area contributed by atoms with Gasteiger partial charge in [0.2, 0.25) is 0 Å². The molecule has 2 aromatic rings. The van der Waals surface area contributed by atoms with Crippen LogP contribution in [-0.2, 0) is 0 Å². The van der Waals surface area contributed by atoms with Crippen molar-refractivity contribution in [2.45, 2.75) is 0 Å². The van der Waals surface area contributed by atoms with Gasteiger partial charge in [0.1, 0.15) is 0 Å². The topological polar surface area (TPSA) is 58.1 Å². The van der Waals surface area contributed by atoms with Crippen LogP contribution in [0.2, 0.25) is 0 Å². The largest absolute Gasteiger partial charge is 0.504 e. The highest BCUT2D eigenvalue weighted by Gasteiger charge is 2.10. The zero-order valence-electron chi connectivity index (χ0n) is 7.99. The first-order valence-corrected chi connectivity index (χ1v) is 5.07. The van der Waals surface area contributed by atoms with E-state index in [0.29, 0.717) is 5.75 Å².